The molecule has 1 N–H and O–H groups in total. The average molecular weight is 268 g/mol. The molecule has 0 unspecified atom stereocenters. The quantitative estimate of drug-likeness (QED) is 0.721. The zero-order chi connectivity index (χ0) is 13.6. The molecule has 0 aromatic heterocycles. The van der Waals surface area contributed by atoms with Crippen LogP contribution in [0, 0.1) is 19.3 Å². The molecule has 0 bridgehead atoms. The third-order valence-electron chi connectivity index (χ3n) is 3.49. The van der Waals surface area contributed by atoms with Crippen molar-refractivity contribution in [2.75, 3.05) is 12.4 Å². The third-order valence-corrected chi connectivity index (χ3v) is 3.76. The maximum absolute atomic E-state index is 5.75. The van der Waals surface area contributed by atoms with Crippen molar-refractivity contribution >= 4 is 11.6 Å². The Hall–Kier alpha value is -0.530. The Bertz CT molecular complexity index is 371. The van der Waals surface area contributed by atoms with Crippen LogP contribution in [0.5, 0.6) is 0 Å². The molecule has 0 fully saturated rings. The second kappa shape index (κ2) is 7.16. The number of hydrogen-bond acceptors (Lipinski definition) is 1. The van der Waals surface area contributed by atoms with Gasteiger partial charge < -0.3 is 5.32 Å². The Balaban J connectivity index is 2.39. The van der Waals surface area contributed by atoms with Crippen LogP contribution in [0.2, 0.25) is 0 Å². The zero-order valence-corrected chi connectivity index (χ0v) is 12.9. The van der Waals surface area contributed by atoms with E-state index in [1.165, 1.54) is 23.1 Å². The minimum absolute atomic E-state index is 0.328. The number of aryl methyl sites for hydroxylation is 2. The van der Waals surface area contributed by atoms with Gasteiger partial charge in [-0.1, -0.05) is 32.0 Å². The highest BCUT2D eigenvalue weighted by molar-refractivity contribution is 6.17. The van der Waals surface area contributed by atoms with E-state index in [1.807, 2.05) is 0 Å². The first-order valence-corrected chi connectivity index (χ1v) is 7.31. The van der Waals surface area contributed by atoms with E-state index in [9.17, 15) is 0 Å². The highest BCUT2D eigenvalue weighted by Crippen LogP contribution is 2.21. The summed E-state index contributed by atoms with van der Waals surface area (Å²) in [7, 11) is 0. The topological polar surface area (TPSA) is 12.0 Å². The summed E-state index contributed by atoms with van der Waals surface area (Å²) in [5.74, 6) is 0.764. The smallest absolute Gasteiger partial charge is 0.0223 e. The molecule has 1 rings (SSSR count). The van der Waals surface area contributed by atoms with E-state index < -0.39 is 0 Å². The summed E-state index contributed by atoms with van der Waals surface area (Å²) >= 11 is 5.75. The molecule has 0 aliphatic heterocycles. The van der Waals surface area contributed by atoms with Crippen LogP contribution in [0.3, 0.4) is 0 Å². The van der Waals surface area contributed by atoms with E-state index >= 15 is 0 Å². The number of nitrogens with one attached hydrogen (secondary N) is 1. The van der Waals surface area contributed by atoms with Gasteiger partial charge in [0.05, 0.1) is 0 Å². The molecular formula is C16H26ClN. The number of halogens is 1. The summed E-state index contributed by atoms with van der Waals surface area (Å²) < 4.78 is 0. The van der Waals surface area contributed by atoms with Gasteiger partial charge in [-0.15, -0.1) is 11.6 Å². The third kappa shape index (κ3) is 5.41. The predicted octanol–water partition coefficient (Wildman–Crippen LogP) is 4.44. The molecule has 0 heterocycles. The minimum atomic E-state index is 0.328. The molecule has 1 nitrogen and oxygen atoms in total. The Morgan fingerprint density at radius 3 is 2.50 bits per heavy atom. The number of hydrogen-bond donors (Lipinski definition) is 1. The van der Waals surface area contributed by atoms with Crippen molar-refractivity contribution in [2.24, 2.45) is 5.41 Å². The summed E-state index contributed by atoms with van der Waals surface area (Å²) in [5.41, 5.74) is 4.43. The van der Waals surface area contributed by atoms with Gasteiger partial charge in [0.25, 0.3) is 0 Å². The van der Waals surface area contributed by atoms with E-state index in [-0.39, 0.29) is 0 Å². The van der Waals surface area contributed by atoms with Gasteiger partial charge in [0.1, 0.15) is 0 Å². The molecule has 2 heteroatoms. The van der Waals surface area contributed by atoms with Gasteiger partial charge in [-0.3, -0.25) is 0 Å². The lowest BCUT2D eigenvalue weighted by Gasteiger charge is -2.24. The lowest BCUT2D eigenvalue weighted by Crippen LogP contribution is -2.29. The monoisotopic (exact) mass is 267 g/mol. The fourth-order valence-corrected chi connectivity index (χ4v) is 2.23. The Kier molecular flexibility index (Phi) is 6.17. The first-order chi connectivity index (χ1) is 8.44. The molecule has 102 valence electrons. The molecule has 0 saturated heterocycles. The van der Waals surface area contributed by atoms with E-state index in [0.717, 1.165) is 25.4 Å². The Labute approximate surface area is 117 Å². The van der Waals surface area contributed by atoms with Gasteiger partial charge in [0, 0.05) is 19.0 Å². The fourth-order valence-electron chi connectivity index (χ4n) is 2.09. The summed E-state index contributed by atoms with van der Waals surface area (Å²) in [4.78, 5) is 0. The summed E-state index contributed by atoms with van der Waals surface area (Å²) in [5, 5.41) is 3.55. The standard InChI is InChI=1S/C16H26ClN/c1-13-6-7-15(10-14(13)2)11-18-12-16(3,4)8-5-9-17/h6-7,10,18H,5,8-9,11-12H2,1-4H3. The molecule has 0 saturated carbocycles. The van der Waals surface area contributed by atoms with E-state index in [0.29, 0.717) is 5.41 Å². The zero-order valence-electron chi connectivity index (χ0n) is 12.1. The highest BCUT2D eigenvalue weighted by Gasteiger charge is 2.16. The predicted molar refractivity (Wildman–Crippen MR) is 81.4 cm³/mol. The van der Waals surface area contributed by atoms with Crippen LogP contribution in [0.15, 0.2) is 18.2 Å². The van der Waals surface area contributed by atoms with Crippen LogP contribution in [0.1, 0.15) is 43.4 Å². The van der Waals surface area contributed by atoms with Gasteiger partial charge in [0.15, 0.2) is 0 Å². The van der Waals surface area contributed by atoms with Crippen LogP contribution < -0.4 is 5.32 Å². The molecule has 1 aromatic carbocycles. The van der Waals surface area contributed by atoms with Crippen molar-refractivity contribution in [1.82, 2.24) is 5.32 Å². The molecule has 0 spiro atoms. The molecular weight excluding hydrogens is 242 g/mol. The largest absolute Gasteiger partial charge is 0.312 e. The number of alkyl halides is 1. The van der Waals surface area contributed by atoms with E-state index in [4.69, 9.17) is 11.6 Å². The van der Waals surface area contributed by atoms with E-state index in [1.54, 1.807) is 0 Å². The van der Waals surface area contributed by atoms with Crippen molar-refractivity contribution < 1.29 is 0 Å². The number of benzene rings is 1. The van der Waals surface area contributed by atoms with Gasteiger partial charge in [0.2, 0.25) is 0 Å². The van der Waals surface area contributed by atoms with Gasteiger partial charge >= 0.3 is 0 Å². The lowest BCUT2D eigenvalue weighted by molar-refractivity contribution is 0.311. The molecule has 1 aromatic rings. The average Bonchev–Trinajstić information content (AvgIpc) is 2.31. The van der Waals surface area contributed by atoms with Gasteiger partial charge in [-0.05, 0) is 48.8 Å². The fraction of sp³-hybridized carbons (Fsp3) is 0.625. The second-order valence-corrected chi connectivity index (χ2v) is 6.36. The first-order valence-electron chi connectivity index (χ1n) is 6.77. The van der Waals surface area contributed by atoms with Crippen molar-refractivity contribution in [3.8, 4) is 0 Å². The van der Waals surface area contributed by atoms with Crippen molar-refractivity contribution in [3.05, 3.63) is 34.9 Å². The highest BCUT2D eigenvalue weighted by atomic mass is 35.5. The van der Waals surface area contributed by atoms with Crippen LogP contribution >= 0.6 is 11.6 Å². The summed E-state index contributed by atoms with van der Waals surface area (Å²) in [6.45, 7) is 10.9. The maximum atomic E-state index is 5.75. The van der Waals surface area contributed by atoms with Crippen LogP contribution in [0.25, 0.3) is 0 Å². The molecule has 18 heavy (non-hydrogen) atoms. The van der Waals surface area contributed by atoms with Gasteiger partial charge in [-0.2, -0.15) is 0 Å². The molecule has 0 amide bonds. The Morgan fingerprint density at radius 2 is 1.89 bits per heavy atom. The minimum Gasteiger partial charge on any atom is -0.312 e. The van der Waals surface area contributed by atoms with Crippen molar-refractivity contribution in [3.63, 3.8) is 0 Å². The SMILES string of the molecule is Cc1ccc(CNCC(C)(C)CCCCl)cc1C. The van der Waals surface area contributed by atoms with Crippen LogP contribution in [-0.2, 0) is 6.54 Å². The molecule has 0 aliphatic rings. The first kappa shape index (κ1) is 15.5. The second-order valence-electron chi connectivity index (χ2n) is 5.98. The van der Waals surface area contributed by atoms with E-state index in [2.05, 4.69) is 51.2 Å². The van der Waals surface area contributed by atoms with Crippen LogP contribution in [-0.4, -0.2) is 12.4 Å². The Morgan fingerprint density at radius 1 is 1.17 bits per heavy atom. The summed E-state index contributed by atoms with van der Waals surface area (Å²) in [6, 6.07) is 6.68. The van der Waals surface area contributed by atoms with Crippen molar-refractivity contribution in [1.29, 1.82) is 0 Å². The molecule has 0 atom stereocenters. The normalized spacial score (nSPS) is 11.8. The maximum Gasteiger partial charge on any atom is 0.0223 e. The van der Waals surface area contributed by atoms with Crippen LogP contribution in [0.4, 0.5) is 0 Å². The molecule has 0 radical (unpaired) electrons. The molecule has 0 aliphatic carbocycles. The summed E-state index contributed by atoms with van der Waals surface area (Å²) in [6.07, 6.45) is 2.27. The number of rotatable bonds is 7. The van der Waals surface area contributed by atoms with Crippen molar-refractivity contribution in [2.45, 2.75) is 47.1 Å². The van der Waals surface area contributed by atoms with Gasteiger partial charge in [-0.25, -0.2) is 0 Å². The lowest BCUT2D eigenvalue weighted by atomic mass is 9.88.